The number of fused-ring (bicyclic) bond motifs is 1. The Labute approximate surface area is 117 Å². The van der Waals surface area contributed by atoms with Crippen molar-refractivity contribution in [1.29, 1.82) is 0 Å². The third kappa shape index (κ3) is 2.16. The van der Waals surface area contributed by atoms with Crippen LogP contribution in [0, 0.1) is 0 Å². The summed E-state index contributed by atoms with van der Waals surface area (Å²) in [5.41, 5.74) is 1.11. The van der Waals surface area contributed by atoms with Crippen LogP contribution in [0.5, 0.6) is 0 Å². The van der Waals surface area contributed by atoms with Crippen LogP contribution in [0.2, 0.25) is 0 Å². The van der Waals surface area contributed by atoms with Crippen LogP contribution in [0.25, 0.3) is 0 Å². The Morgan fingerprint density at radius 1 is 1.32 bits per heavy atom. The highest BCUT2D eigenvalue weighted by molar-refractivity contribution is 7.07. The van der Waals surface area contributed by atoms with Crippen molar-refractivity contribution in [2.45, 2.75) is 44.8 Å². The van der Waals surface area contributed by atoms with Crippen LogP contribution < -0.4 is 0 Å². The van der Waals surface area contributed by atoms with Gasteiger partial charge < -0.3 is 9.80 Å². The molecule has 19 heavy (non-hydrogen) atoms. The molecule has 0 aliphatic carbocycles. The molecule has 0 bridgehead atoms. The summed E-state index contributed by atoms with van der Waals surface area (Å²) in [6.07, 6.45) is 2.88. The third-order valence-corrected chi connectivity index (χ3v) is 4.84. The Morgan fingerprint density at radius 2 is 2.16 bits per heavy atom. The molecule has 5 heteroatoms. The van der Waals surface area contributed by atoms with Gasteiger partial charge in [-0.15, -0.1) is 0 Å². The van der Waals surface area contributed by atoms with Gasteiger partial charge in [-0.05, 0) is 48.6 Å². The van der Waals surface area contributed by atoms with Crippen LogP contribution in [-0.2, 0) is 16.1 Å². The lowest BCUT2D eigenvalue weighted by Gasteiger charge is -2.46. The Kier molecular flexibility index (Phi) is 3.31. The number of carbonyl (C=O) groups excluding carboxylic acids is 2. The summed E-state index contributed by atoms with van der Waals surface area (Å²) in [6, 6.07) is 1.47. The van der Waals surface area contributed by atoms with E-state index in [2.05, 4.69) is 0 Å². The van der Waals surface area contributed by atoms with Gasteiger partial charge in [-0.1, -0.05) is 0 Å². The van der Waals surface area contributed by atoms with Crippen LogP contribution in [0.15, 0.2) is 16.8 Å². The molecular formula is C14H18N2O2S. The average molecular weight is 278 g/mol. The largest absolute Gasteiger partial charge is 0.329 e. The van der Waals surface area contributed by atoms with Crippen molar-refractivity contribution in [1.82, 2.24) is 9.80 Å². The van der Waals surface area contributed by atoms with E-state index in [4.69, 9.17) is 0 Å². The van der Waals surface area contributed by atoms with Crippen molar-refractivity contribution in [3.05, 3.63) is 22.4 Å². The summed E-state index contributed by atoms with van der Waals surface area (Å²) in [6.45, 7) is 3.14. The Hall–Kier alpha value is -1.36. The zero-order valence-electron chi connectivity index (χ0n) is 11.0. The standard InChI is InChI=1S/C14H18N2O2S/c1-10-13(17)15-6-3-2-4-12(15)14(18)16(10)8-11-5-7-19-9-11/h5,7,9-10,12H,2-4,6,8H2,1H3. The molecule has 3 heterocycles. The molecule has 4 nitrogen and oxygen atoms in total. The first-order valence-corrected chi connectivity index (χ1v) is 7.75. The zero-order chi connectivity index (χ0) is 13.4. The summed E-state index contributed by atoms with van der Waals surface area (Å²) in [7, 11) is 0. The molecule has 102 valence electrons. The van der Waals surface area contributed by atoms with Gasteiger partial charge in [-0.25, -0.2) is 0 Å². The molecular weight excluding hydrogens is 260 g/mol. The second-order valence-electron chi connectivity index (χ2n) is 5.32. The maximum absolute atomic E-state index is 12.6. The fourth-order valence-corrected chi connectivity index (χ4v) is 3.66. The molecule has 2 aliphatic rings. The smallest absolute Gasteiger partial charge is 0.246 e. The number of carbonyl (C=O) groups is 2. The molecule has 2 fully saturated rings. The number of amides is 2. The number of hydrogen-bond donors (Lipinski definition) is 0. The second-order valence-corrected chi connectivity index (χ2v) is 6.10. The minimum Gasteiger partial charge on any atom is -0.329 e. The van der Waals surface area contributed by atoms with E-state index >= 15 is 0 Å². The lowest BCUT2D eigenvalue weighted by atomic mass is 9.95. The number of piperidine rings is 1. The number of thiophene rings is 1. The van der Waals surface area contributed by atoms with Gasteiger partial charge >= 0.3 is 0 Å². The summed E-state index contributed by atoms with van der Waals surface area (Å²) in [4.78, 5) is 28.5. The summed E-state index contributed by atoms with van der Waals surface area (Å²) >= 11 is 1.62. The quantitative estimate of drug-likeness (QED) is 0.828. The van der Waals surface area contributed by atoms with Gasteiger partial charge in [0.05, 0.1) is 0 Å². The van der Waals surface area contributed by atoms with Gasteiger partial charge in [0.25, 0.3) is 0 Å². The minimum absolute atomic E-state index is 0.111. The van der Waals surface area contributed by atoms with Crippen molar-refractivity contribution in [3.63, 3.8) is 0 Å². The van der Waals surface area contributed by atoms with Gasteiger partial charge in [0.15, 0.2) is 0 Å². The number of rotatable bonds is 2. The predicted molar refractivity (Wildman–Crippen MR) is 73.7 cm³/mol. The highest BCUT2D eigenvalue weighted by Gasteiger charge is 2.44. The van der Waals surface area contributed by atoms with Crippen molar-refractivity contribution in [2.24, 2.45) is 0 Å². The molecule has 0 N–H and O–H groups in total. The lowest BCUT2D eigenvalue weighted by molar-refractivity contribution is -0.163. The summed E-state index contributed by atoms with van der Waals surface area (Å²) in [5, 5.41) is 4.04. The molecule has 2 aliphatic heterocycles. The maximum Gasteiger partial charge on any atom is 0.246 e. The van der Waals surface area contributed by atoms with Gasteiger partial charge in [-0.2, -0.15) is 11.3 Å². The van der Waals surface area contributed by atoms with Crippen LogP contribution in [0.4, 0.5) is 0 Å². The molecule has 0 spiro atoms. The zero-order valence-corrected chi connectivity index (χ0v) is 11.9. The fourth-order valence-electron chi connectivity index (χ4n) is 3.00. The van der Waals surface area contributed by atoms with Crippen LogP contribution in [0.3, 0.4) is 0 Å². The van der Waals surface area contributed by atoms with E-state index in [0.717, 1.165) is 31.4 Å². The van der Waals surface area contributed by atoms with Crippen LogP contribution in [0.1, 0.15) is 31.7 Å². The van der Waals surface area contributed by atoms with Gasteiger partial charge in [0, 0.05) is 13.1 Å². The number of piperazine rings is 1. The SMILES string of the molecule is CC1C(=O)N2CCCCC2C(=O)N1Cc1ccsc1. The molecule has 2 atom stereocenters. The lowest BCUT2D eigenvalue weighted by Crippen LogP contribution is -2.64. The molecule has 0 saturated carbocycles. The minimum atomic E-state index is -0.332. The first-order chi connectivity index (χ1) is 9.18. The van der Waals surface area contributed by atoms with Gasteiger partial charge in [0.2, 0.25) is 11.8 Å². The Bertz CT molecular complexity index is 486. The summed E-state index contributed by atoms with van der Waals surface area (Å²) < 4.78 is 0. The predicted octanol–water partition coefficient (Wildman–Crippen LogP) is 1.86. The monoisotopic (exact) mass is 278 g/mol. The fraction of sp³-hybridized carbons (Fsp3) is 0.571. The third-order valence-electron chi connectivity index (χ3n) is 4.11. The Balaban J connectivity index is 1.83. The first kappa shape index (κ1) is 12.7. The van der Waals surface area contributed by atoms with E-state index in [1.54, 1.807) is 21.1 Å². The van der Waals surface area contributed by atoms with Crippen molar-refractivity contribution in [3.8, 4) is 0 Å². The van der Waals surface area contributed by atoms with Gasteiger partial charge in [0.1, 0.15) is 12.1 Å². The van der Waals surface area contributed by atoms with Crippen molar-refractivity contribution >= 4 is 23.2 Å². The number of hydrogen-bond acceptors (Lipinski definition) is 3. The van der Waals surface area contributed by atoms with Crippen LogP contribution in [-0.4, -0.2) is 40.2 Å². The molecule has 2 unspecified atom stereocenters. The molecule has 3 rings (SSSR count). The average Bonchev–Trinajstić information content (AvgIpc) is 2.94. The highest BCUT2D eigenvalue weighted by Crippen LogP contribution is 2.27. The van der Waals surface area contributed by atoms with E-state index in [9.17, 15) is 9.59 Å². The van der Waals surface area contributed by atoms with E-state index < -0.39 is 0 Å². The highest BCUT2D eigenvalue weighted by atomic mass is 32.1. The normalized spacial score (nSPS) is 27.6. The van der Waals surface area contributed by atoms with Crippen LogP contribution >= 0.6 is 11.3 Å². The van der Waals surface area contributed by atoms with E-state index in [1.165, 1.54) is 0 Å². The Morgan fingerprint density at radius 3 is 2.89 bits per heavy atom. The first-order valence-electron chi connectivity index (χ1n) is 6.80. The topological polar surface area (TPSA) is 40.6 Å². The second kappa shape index (κ2) is 4.96. The maximum atomic E-state index is 12.6. The van der Waals surface area contributed by atoms with E-state index in [1.807, 2.05) is 23.8 Å². The van der Waals surface area contributed by atoms with Crippen molar-refractivity contribution in [2.75, 3.05) is 6.54 Å². The van der Waals surface area contributed by atoms with Crippen molar-refractivity contribution < 1.29 is 9.59 Å². The molecule has 0 aromatic carbocycles. The number of nitrogens with zero attached hydrogens (tertiary/aromatic N) is 2. The molecule has 0 radical (unpaired) electrons. The molecule has 2 saturated heterocycles. The van der Waals surface area contributed by atoms with E-state index in [0.29, 0.717) is 6.54 Å². The van der Waals surface area contributed by atoms with E-state index in [-0.39, 0.29) is 23.9 Å². The van der Waals surface area contributed by atoms with Gasteiger partial charge in [-0.3, -0.25) is 9.59 Å². The molecule has 1 aromatic rings. The summed E-state index contributed by atoms with van der Waals surface area (Å²) in [5.74, 6) is 0.234. The molecule has 2 amide bonds. The molecule has 1 aromatic heterocycles.